The molecule has 3 aromatic rings. The van der Waals surface area contributed by atoms with Gasteiger partial charge in [-0.05, 0) is 44.3 Å². The molecule has 6 nitrogen and oxygen atoms in total. The fourth-order valence-electron chi connectivity index (χ4n) is 3.04. The summed E-state index contributed by atoms with van der Waals surface area (Å²) in [5.74, 6) is 1.39. The molecule has 0 aliphatic carbocycles. The maximum absolute atomic E-state index is 12.8. The zero-order chi connectivity index (χ0) is 20.1. The van der Waals surface area contributed by atoms with Crippen molar-refractivity contribution in [2.75, 3.05) is 26.6 Å². The number of fused-ring (bicyclic) bond motifs is 1. The van der Waals surface area contributed by atoms with Gasteiger partial charge in [-0.2, -0.15) is 0 Å². The van der Waals surface area contributed by atoms with Crippen molar-refractivity contribution in [2.45, 2.75) is 19.5 Å². The molecule has 2 aromatic carbocycles. The van der Waals surface area contributed by atoms with Crippen LogP contribution < -0.4 is 14.8 Å². The minimum Gasteiger partial charge on any atom is -0.497 e. The van der Waals surface area contributed by atoms with Crippen LogP contribution in [0.25, 0.3) is 10.9 Å². The molecule has 1 N–H and O–H groups in total. The zero-order valence-corrected chi connectivity index (χ0v) is 16.6. The quantitative estimate of drug-likeness (QED) is 0.678. The summed E-state index contributed by atoms with van der Waals surface area (Å²) in [6.07, 6.45) is 1.74. The number of rotatable bonds is 7. The van der Waals surface area contributed by atoms with E-state index in [1.807, 2.05) is 67.4 Å². The minimum absolute atomic E-state index is 0.0775. The van der Waals surface area contributed by atoms with E-state index in [0.717, 1.165) is 33.7 Å². The highest BCUT2D eigenvalue weighted by Crippen LogP contribution is 2.26. The van der Waals surface area contributed by atoms with Crippen molar-refractivity contribution in [3.05, 3.63) is 60.3 Å². The number of anilines is 1. The Morgan fingerprint density at radius 1 is 1.14 bits per heavy atom. The second-order valence-electron chi connectivity index (χ2n) is 6.63. The summed E-state index contributed by atoms with van der Waals surface area (Å²) in [4.78, 5) is 19.1. The number of carbonyl (C=O) groups excluding carboxylic acids is 1. The van der Waals surface area contributed by atoms with Gasteiger partial charge >= 0.3 is 0 Å². The van der Waals surface area contributed by atoms with Crippen LogP contribution >= 0.6 is 0 Å². The highest BCUT2D eigenvalue weighted by molar-refractivity contribution is 6.02. The minimum atomic E-state index is -0.335. The molecule has 1 atom stereocenters. The Bertz CT molecular complexity index is 969. The Balaban J connectivity index is 1.72. The van der Waals surface area contributed by atoms with Gasteiger partial charge in [0.05, 0.1) is 31.5 Å². The van der Waals surface area contributed by atoms with Crippen molar-refractivity contribution in [3.8, 4) is 11.5 Å². The molecule has 0 radical (unpaired) electrons. The summed E-state index contributed by atoms with van der Waals surface area (Å²) in [5, 5.41) is 3.95. The molecule has 0 spiro atoms. The standard InChI is InChI=1S/C22H25N3O3/c1-15(25(2)14-16-10-11-17(27-3)13-21(16)28-4)22(26)24-20-9-5-8-19-18(20)7-6-12-23-19/h5-13,15H,14H2,1-4H3,(H,24,26). The number of pyridine rings is 1. The number of ether oxygens (including phenoxy) is 2. The largest absolute Gasteiger partial charge is 0.497 e. The maximum Gasteiger partial charge on any atom is 0.241 e. The Kier molecular flexibility index (Phi) is 6.11. The topological polar surface area (TPSA) is 63.7 Å². The average Bonchev–Trinajstić information content (AvgIpc) is 2.73. The van der Waals surface area contributed by atoms with Gasteiger partial charge in [-0.15, -0.1) is 0 Å². The number of hydrogen-bond donors (Lipinski definition) is 1. The number of likely N-dealkylation sites (N-methyl/N-ethyl adjacent to an activating group) is 1. The zero-order valence-electron chi connectivity index (χ0n) is 16.6. The lowest BCUT2D eigenvalue weighted by Crippen LogP contribution is -2.39. The first-order chi connectivity index (χ1) is 13.5. The van der Waals surface area contributed by atoms with Gasteiger partial charge in [0.25, 0.3) is 0 Å². The van der Waals surface area contributed by atoms with Gasteiger partial charge in [0.15, 0.2) is 0 Å². The van der Waals surface area contributed by atoms with E-state index in [-0.39, 0.29) is 11.9 Å². The third-order valence-electron chi connectivity index (χ3n) is 4.86. The average molecular weight is 379 g/mol. The monoisotopic (exact) mass is 379 g/mol. The molecule has 1 heterocycles. The predicted molar refractivity (Wildman–Crippen MR) is 111 cm³/mol. The Morgan fingerprint density at radius 2 is 1.96 bits per heavy atom. The SMILES string of the molecule is COc1ccc(CN(C)C(C)C(=O)Nc2cccc3ncccc23)c(OC)c1. The smallest absolute Gasteiger partial charge is 0.241 e. The van der Waals surface area contributed by atoms with Crippen LogP contribution in [0.15, 0.2) is 54.7 Å². The fourth-order valence-corrected chi connectivity index (χ4v) is 3.04. The Morgan fingerprint density at radius 3 is 2.71 bits per heavy atom. The van der Waals surface area contributed by atoms with Crippen LogP contribution in [0.5, 0.6) is 11.5 Å². The van der Waals surface area contributed by atoms with Crippen LogP contribution in [0, 0.1) is 0 Å². The number of hydrogen-bond acceptors (Lipinski definition) is 5. The first-order valence-electron chi connectivity index (χ1n) is 9.09. The van der Waals surface area contributed by atoms with Crippen LogP contribution in [-0.4, -0.2) is 43.1 Å². The molecule has 1 aromatic heterocycles. The summed E-state index contributed by atoms with van der Waals surface area (Å²) in [7, 11) is 5.16. The van der Waals surface area contributed by atoms with Gasteiger partial charge in [-0.1, -0.05) is 12.1 Å². The van der Waals surface area contributed by atoms with Crippen molar-refractivity contribution in [2.24, 2.45) is 0 Å². The lowest BCUT2D eigenvalue weighted by molar-refractivity contribution is -0.120. The summed E-state index contributed by atoms with van der Waals surface area (Å²) >= 11 is 0. The molecular weight excluding hydrogens is 354 g/mol. The number of amides is 1. The molecule has 6 heteroatoms. The van der Waals surface area contributed by atoms with Crippen molar-refractivity contribution < 1.29 is 14.3 Å². The van der Waals surface area contributed by atoms with E-state index in [1.54, 1.807) is 20.4 Å². The Labute approximate surface area is 165 Å². The second kappa shape index (κ2) is 8.71. The number of carbonyl (C=O) groups is 1. The molecule has 1 amide bonds. The molecular formula is C22H25N3O3. The molecule has 0 fully saturated rings. The highest BCUT2D eigenvalue weighted by Gasteiger charge is 2.20. The van der Waals surface area contributed by atoms with Gasteiger partial charge < -0.3 is 14.8 Å². The van der Waals surface area contributed by atoms with Crippen molar-refractivity contribution in [1.82, 2.24) is 9.88 Å². The van der Waals surface area contributed by atoms with E-state index in [0.29, 0.717) is 6.54 Å². The summed E-state index contributed by atoms with van der Waals surface area (Å²) in [6, 6.07) is 14.9. The number of aromatic nitrogens is 1. The third kappa shape index (κ3) is 4.23. The molecule has 0 aliphatic rings. The third-order valence-corrected chi connectivity index (χ3v) is 4.86. The van der Waals surface area contributed by atoms with E-state index in [4.69, 9.17) is 9.47 Å². The molecule has 0 saturated heterocycles. The summed E-state index contributed by atoms with van der Waals surface area (Å²) in [6.45, 7) is 2.45. The molecule has 1 unspecified atom stereocenters. The van der Waals surface area contributed by atoms with Crippen molar-refractivity contribution in [1.29, 1.82) is 0 Å². The van der Waals surface area contributed by atoms with Gasteiger partial charge in [0.1, 0.15) is 11.5 Å². The number of benzene rings is 2. The number of nitrogens with zero attached hydrogens (tertiary/aromatic N) is 2. The van der Waals surface area contributed by atoms with E-state index >= 15 is 0 Å². The first-order valence-corrected chi connectivity index (χ1v) is 9.09. The van der Waals surface area contributed by atoms with Gasteiger partial charge in [-0.25, -0.2) is 0 Å². The summed E-state index contributed by atoms with van der Waals surface area (Å²) in [5.41, 5.74) is 2.60. The van der Waals surface area contributed by atoms with Crippen LogP contribution in [0.4, 0.5) is 5.69 Å². The van der Waals surface area contributed by atoms with Gasteiger partial charge in [-0.3, -0.25) is 14.7 Å². The molecule has 0 saturated carbocycles. The van der Waals surface area contributed by atoms with Crippen LogP contribution in [0.3, 0.4) is 0 Å². The van der Waals surface area contributed by atoms with Crippen molar-refractivity contribution >= 4 is 22.5 Å². The van der Waals surface area contributed by atoms with E-state index in [1.165, 1.54) is 0 Å². The maximum atomic E-state index is 12.8. The lowest BCUT2D eigenvalue weighted by Gasteiger charge is -2.25. The van der Waals surface area contributed by atoms with Crippen LogP contribution in [0.1, 0.15) is 12.5 Å². The van der Waals surface area contributed by atoms with Crippen LogP contribution in [0.2, 0.25) is 0 Å². The fraction of sp³-hybridized carbons (Fsp3) is 0.273. The molecule has 0 aliphatic heterocycles. The summed E-state index contributed by atoms with van der Waals surface area (Å²) < 4.78 is 10.7. The molecule has 146 valence electrons. The number of nitrogens with one attached hydrogen (secondary N) is 1. The number of methoxy groups -OCH3 is 2. The molecule has 3 rings (SSSR count). The highest BCUT2D eigenvalue weighted by atomic mass is 16.5. The van der Waals surface area contributed by atoms with E-state index in [9.17, 15) is 4.79 Å². The van der Waals surface area contributed by atoms with Crippen LogP contribution in [-0.2, 0) is 11.3 Å². The molecule has 28 heavy (non-hydrogen) atoms. The van der Waals surface area contributed by atoms with Gasteiger partial charge in [0.2, 0.25) is 5.91 Å². The first kappa shape index (κ1) is 19.6. The Hall–Kier alpha value is -3.12. The van der Waals surface area contributed by atoms with Gasteiger partial charge in [0, 0.05) is 29.8 Å². The van der Waals surface area contributed by atoms with Crippen molar-refractivity contribution in [3.63, 3.8) is 0 Å². The molecule has 0 bridgehead atoms. The second-order valence-corrected chi connectivity index (χ2v) is 6.63. The van der Waals surface area contributed by atoms with E-state index in [2.05, 4.69) is 10.3 Å². The lowest BCUT2D eigenvalue weighted by atomic mass is 10.1. The predicted octanol–water partition coefficient (Wildman–Crippen LogP) is 3.71. The normalized spacial score (nSPS) is 12.0. The van der Waals surface area contributed by atoms with E-state index < -0.39 is 0 Å².